The second kappa shape index (κ2) is 12.2. The minimum atomic E-state index is -1.53. The van der Waals surface area contributed by atoms with Gasteiger partial charge < -0.3 is 44.8 Å². The van der Waals surface area contributed by atoms with Crippen LogP contribution < -0.4 is 0 Å². The van der Waals surface area contributed by atoms with Crippen molar-refractivity contribution in [2.24, 2.45) is 50.7 Å². The number of esters is 1. The zero-order chi connectivity index (χ0) is 35.4. The Morgan fingerprint density at radius 2 is 1.62 bits per heavy atom. The predicted octanol–water partition coefficient (Wildman–Crippen LogP) is 3.48. The molecule has 0 amide bonds. The molecule has 0 aromatic heterocycles. The van der Waals surface area contributed by atoms with Crippen molar-refractivity contribution in [1.82, 2.24) is 0 Å². The van der Waals surface area contributed by atoms with Gasteiger partial charge in [-0.3, -0.25) is 4.79 Å². The van der Waals surface area contributed by atoms with Gasteiger partial charge in [-0.15, -0.1) is 0 Å². The number of hydrogen-bond donors (Lipinski definition) is 6. The monoisotopic (exact) mass is 678 g/mol. The van der Waals surface area contributed by atoms with Crippen molar-refractivity contribution in [2.75, 3.05) is 6.61 Å². The summed E-state index contributed by atoms with van der Waals surface area (Å²) in [4.78, 5) is 12.2. The number of rotatable bonds is 9. The largest absolute Gasteiger partial charge is 0.462 e. The van der Waals surface area contributed by atoms with E-state index in [0.29, 0.717) is 24.3 Å². The van der Waals surface area contributed by atoms with Crippen molar-refractivity contribution in [3.63, 3.8) is 0 Å². The average molecular weight is 679 g/mol. The molecular weight excluding hydrogens is 616 g/mol. The predicted molar refractivity (Wildman–Crippen MR) is 177 cm³/mol. The van der Waals surface area contributed by atoms with E-state index in [4.69, 9.17) is 14.2 Å². The number of aliphatic hydroxyl groups is 6. The second-order valence-corrected chi connectivity index (χ2v) is 18.1. The molecule has 10 heteroatoms. The summed E-state index contributed by atoms with van der Waals surface area (Å²) in [6.07, 6.45) is -1.07. The van der Waals surface area contributed by atoms with Crippen molar-refractivity contribution < 1.29 is 49.6 Å². The molecule has 6 rings (SSSR count). The molecule has 0 aromatic carbocycles. The zero-order valence-corrected chi connectivity index (χ0v) is 30.1. The molecule has 5 aliphatic carbocycles. The summed E-state index contributed by atoms with van der Waals surface area (Å²) in [6.45, 7) is 18.0. The molecular formula is C38H62O10. The summed E-state index contributed by atoms with van der Waals surface area (Å²) < 4.78 is 18.9. The summed E-state index contributed by atoms with van der Waals surface area (Å²) in [7, 11) is 0. The number of fused-ring (bicyclic) bond motifs is 3. The van der Waals surface area contributed by atoms with Crippen LogP contribution in [0.15, 0.2) is 12.2 Å². The highest BCUT2D eigenvalue weighted by Gasteiger charge is 2.85. The van der Waals surface area contributed by atoms with E-state index in [1.54, 1.807) is 6.92 Å². The molecule has 6 aliphatic rings. The average Bonchev–Trinajstić information content (AvgIpc) is 3.58. The number of aliphatic hydroxyl groups excluding tert-OH is 6. The van der Waals surface area contributed by atoms with Gasteiger partial charge in [0, 0.05) is 17.8 Å². The van der Waals surface area contributed by atoms with Crippen LogP contribution in [0.5, 0.6) is 0 Å². The van der Waals surface area contributed by atoms with Crippen molar-refractivity contribution in [3.05, 3.63) is 12.2 Å². The van der Waals surface area contributed by atoms with E-state index in [2.05, 4.69) is 41.2 Å². The first kappa shape index (κ1) is 36.7. The quantitative estimate of drug-likeness (QED) is 0.121. The second-order valence-electron chi connectivity index (χ2n) is 18.1. The summed E-state index contributed by atoms with van der Waals surface area (Å²) in [5.74, 6) is 0.716. The molecule has 0 bridgehead atoms. The first-order valence-corrected chi connectivity index (χ1v) is 18.5. The fourth-order valence-corrected chi connectivity index (χ4v) is 13.4. The maximum atomic E-state index is 12.2. The summed E-state index contributed by atoms with van der Waals surface area (Å²) >= 11 is 0. The van der Waals surface area contributed by atoms with Crippen LogP contribution in [-0.2, 0) is 19.0 Å². The third-order valence-electron chi connectivity index (χ3n) is 15.7. The Morgan fingerprint density at radius 1 is 0.938 bits per heavy atom. The molecule has 1 saturated heterocycles. The molecule has 17 atom stereocenters. The van der Waals surface area contributed by atoms with Crippen LogP contribution in [0.1, 0.15) is 106 Å². The van der Waals surface area contributed by atoms with E-state index in [9.17, 15) is 35.4 Å². The molecule has 1 aliphatic heterocycles. The van der Waals surface area contributed by atoms with E-state index >= 15 is 0 Å². The molecule has 10 nitrogen and oxygen atoms in total. The molecule has 1 heterocycles. The minimum absolute atomic E-state index is 0.0244. The van der Waals surface area contributed by atoms with Crippen LogP contribution in [0.3, 0.4) is 0 Å². The van der Waals surface area contributed by atoms with Gasteiger partial charge in [-0.05, 0) is 110 Å². The number of carbonyl (C=O) groups is 1. The Bertz CT molecular complexity index is 1250. The van der Waals surface area contributed by atoms with Crippen LogP contribution in [0.2, 0.25) is 0 Å². The van der Waals surface area contributed by atoms with Crippen molar-refractivity contribution in [1.29, 1.82) is 0 Å². The number of hydrogen-bond acceptors (Lipinski definition) is 10. The lowest BCUT2D eigenvalue weighted by Crippen LogP contribution is -2.68. The topological polar surface area (TPSA) is 166 Å². The van der Waals surface area contributed by atoms with E-state index in [1.807, 2.05) is 0 Å². The fraction of sp³-hybridized carbons (Fsp3) is 0.921. The third-order valence-corrected chi connectivity index (χ3v) is 15.7. The van der Waals surface area contributed by atoms with Gasteiger partial charge in [0.05, 0.1) is 18.8 Å². The van der Waals surface area contributed by atoms with Crippen LogP contribution in [0, 0.1) is 50.7 Å². The first-order chi connectivity index (χ1) is 22.3. The lowest BCUT2D eigenvalue weighted by molar-refractivity contribution is -0.344. The highest BCUT2D eigenvalue weighted by atomic mass is 16.7. The highest BCUT2D eigenvalue weighted by molar-refractivity contribution is 5.66. The lowest BCUT2D eigenvalue weighted by atomic mass is 9.37. The summed E-state index contributed by atoms with van der Waals surface area (Å²) in [6, 6.07) is 0. The van der Waals surface area contributed by atoms with E-state index < -0.39 is 49.5 Å². The van der Waals surface area contributed by atoms with Crippen LogP contribution >= 0.6 is 0 Å². The molecule has 0 aromatic rings. The molecule has 17 unspecified atom stereocenters. The van der Waals surface area contributed by atoms with Crippen LogP contribution in [-0.4, -0.2) is 98.3 Å². The van der Waals surface area contributed by atoms with Crippen LogP contribution in [0.4, 0.5) is 0 Å². The van der Waals surface area contributed by atoms with Crippen molar-refractivity contribution in [3.8, 4) is 0 Å². The molecule has 0 spiro atoms. The minimum Gasteiger partial charge on any atom is -0.462 e. The standard InChI is InChI=1S/C38H62O10/c1-19(2)29(42)23(41)15-20(3)22-9-14-38-18-37(22,38)13-10-25-35(7)12-11-27(46-21(4)40)34(5,6)26(35)16-28(36(25,38)8)48-33-32(45)31(44)30(43)24(17-39)47-33/h20,22-33,39,41-45H,1,9-18H2,2-8H3. The Morgan fingerprint density at radius 3 is 2.25 bits per heavy atom. The highest BCUT2D eigenvalue weighted by Crippen LogP contribution is 2.91. The Kier molecular flexibility index (Phi) is 9.36. The molecule has 6 N–H and O–H groups in total. The summed E-state index contributed by atoms with van der Waals surface area (Å²) in [5, 5.41) is 63.8. The smallest absolute Gasteiger partial charge is 0.302 e. The maximum absolute atomic E-state index is 12.2. The van der Waals surface area contributed by atoms with Crippen molar-refractivity contribution in [2.45, 2.75) is 161 Å². The van der Waals surface area contributed by atoms with Gasteiger partial charge in [0.25, 0.3) is 0 Å². The Labute approximate surface area is 286 Å². The maximum Gasteiger partial charge on any atom is 0.302 e. The Balaban J connectivity index is 1.37. The Hall–Kier alpha value is -1.11. The van der Waals surface area contributed by atoms with E-state index in [0.717, 1.165) is 44.9 Å². The van der Waals surface area contributed by atoms with Gasteiger partial charge in [-0.25, -0.2) is 0 Å². The van der Waals surface area contributed by atoms with Crippen molar-refractivity contribution >= 4 is 5.97 Å². The molecule has 6 fully saturated rings. The molecule has 274 valence electrons. The van der Waals surface area contributed by atoms with E-state index in [-0.39, 0.29) is 63.0 Å². The zero-order valence-electron chi connectivity index (χ0n) is 30.1. The van der Waals surface area contributed by atoms with Gasteiger partial charge in [0.15, 0.2) is 6.29 Å². The van der Waals surface area contributed by atoms with Gasteiger partial charge in [-0.1, -0.05) is 41.2 Å². The SMILES string of the molecule is C=C(C)C(O)C(O)CC(C)C1CCC23CC12CCC1C2(C)CCC(OC(C)=O)C(C)(C)C2CC(OC2OC(CO)C(O)C(O)C2O)C13C. The van der Waals surface area contributed by atoms with Crippen LogP contribution in [0.25, 0.3) is 0 Å². The summed E-state index contributed by atoms with van der Waals surface area (Å²) in [5.41, 5.74) is -0.0970. The molecule has 5 saturated carbocycles. The first-order valence-electron chi connectivity index (χ1n) is 18.5. The van der Waals surface area contributed by atoms with E-state index in [1.165, 1.54) is 6.92 Å². The van der Waals surface area contributed by atoms with Gasteiger partial charge >= 0.3 is 5.97 Å². The van der Waals surface area contributed by atoms with Gasteiger partial charge in [-0.2, -0.15) is 0 Å². The third kappa shape index (κ3) is 5.05. The normalized spacial score (nSPS) is 50.9. The lowest BCUT2D eigenvalue weighted by Gasteiger charge is -2.69. The van der Waals surface area contributed by atoms with Gasteiger partial charge in [0.2, 0.25) is 0 Å². The number of ether oxygens (including phenoxy) is 3. The molecule has 48 heavy (non-hydrogen) atoms. The molecule has 0 radical (unpaired) electrons. The number of carbonyl (C=O) groups excluding carboxylic acids is 1. The fourth-order valence-electron chi connectivity index (χ4n) is 13.4. The van der Waals surface area contributed by atoms with Gasteiger partial charge in [0.1, 0.15) is 36.6 Å².